The molecule has 42 heavy (non-hydrogen) atoms. The van der Waals surface area contributed by atoms with Gasteiger partial charge in [0.15, 0.2) is 5.78 Å². The number of ketones is 1. The first-order valence-corrected chi connectivity index (χ1v) is 13.8. The topological polar surface area (TPSA) is 83.7 Å². The highest BCUT2D eigenvalue weighted by atomic mass is 19.4. The normalized spacial score (nSPS) is 12.5. The maximum absolute atomic E-state index is 12.6. The third-order valence-corrected chi connectivity index (χ3v) is 5.71. The Bertz CT molecular complexity index is 1130. The number of aromatic nitrogens is 1. The van der Waals surface area contributed by atoms with E-state index >= 15 is 0 Å². The lowest BCUT2D eigenvalue weighted by atomic mass is 10.2. The number of nitrogens with one attached hydrogen (secondary N) is 1. The van der Waals surface area contributed by atoms with Crippen molar-refractivity contribution in [3.63, 3.8) is 0 Å². The van der Waals surface area contributed by atoms with E-state index < -0.39 is 6.36 Å². The minimum absolute atomic E-state index is 0.0987. The number of nitrogens with two attached hydrogens (primary N) is 1. The second-order valence-corrected chi connectivity index (χ2v) is 9.67. The summed E-state index contributed by atoms with van der Waals surface area (Å²) in [7, 11) is 0. The van der Waals surface area contributed by atoms with E-state index in [1.54, 1.807) is 12.3 Å². The van der Waals surface area contributed by atoms with Crippen LogP contribution in [0.3, 0.4) is 0 Å². The number of rotatable bonds is 13. The van der Waals surface area contributed by atoms with E-state index in [-0.39, 0.29) is 17.3 Å². The van der Waals surface area contributed by atoms with Crippen LogP contribution in [0.1, 0.15) is 53.4 Å². The smallest absolute Gasteiger partial charge is 0.406 e. The van der Waals surface area contributed by atoms with Crippen molar-refractivity contribution in [2.75, 3.05) is 29.9 Å². The van der Waals surface area contributed by atoms with Crippen LogP contribution in [0.5, 0.6) is 5.75 Å². The van der Waals surface area contributed by atoms with Crippen molar-refractivity contribution in [2.45, 2.75) is 59.7 Å². The molecule has 0 radical (unpaired) electrons. The largest absolute Gasteiger partial charge is 0.573 e. The zero-order chi connectivity index (χ0) is 31.7. The van der Waals surface area contributed by atoms with Gasteiger partial charge in [-0.05, 0) is 81.1 Å². The average molecular weight is 594 g/mol. The zero-order valence-corrected chi connectivity index (χ0v) is 24.9. The first-order valence-electron chi connectivity index (χ1n) is 13.8. The Labute approximate surface area is 246 Å². The summed E-state index contributed by atoms with van der Waals surface area (Å²) in [5.74, 6) is 0.786. The Morgan fingerprint density at radius 2 is 1.69 bits per heavy atom. The summed E-state index contributed by atoms with van der Waals surface area (Å²) in [5.41, 5.74) is 6.39. The number of nitrogens with zero attached hydrogens (tertiary/aromatic N) is 3. The van der Waals surface area contributed by atoms with Crippen molar-refractivity contribution in [1.82, 2.24) is 9.88 Å². The molecule has 1 fully saturated rings. The molecular weight excluding hydrogens is 550 g/mol. The van der Waals surface area contributed by atoms with Gasteiger partial charge >= 0.3 is 6.36 Å². The minimum Gasteiger partial charge on any atom is -0.406 e. The van der Waals surface area contributed by atoms with Gasteiger partial charge in [-0.1, -0.05) is 27.0 Å². The summed E-state index contributed by atoms with van der Waals surface area (Å²) in [6.45, 7) is 17.2. The second-order valence-electron chi connectivity index (χ2n) is 9.67. The number of anilines is 2. The molecule has 0 atom stereocenters. The van der Waals surface area contributed by atoms with Gasteiger partial charge in [0.05, 0.1) is 11.9 Å². The lowest BCUT2D eigenvalue weighted by Gasteiger charge is -2.22. The molecule has 232 valence electrons. The Kier molecular flexibility index (Phi) is 15.8. The summed E-state index contributed by atoms with van der Waals surface area (Å²) in [6, 6.07) is 8.65. The fraction of sp³-hybridized carbons (Fsp3) is 0.419. The molecule has 7 nitrogen and oxygen atoms in total. The van der Waals surface area contributed by atoms with E-state index in [0.29, 0.717) is 17.3 Å². The molecule has 0 saturated heterocycles. The molecule has 1 aromatic carbocycles. The number of hydrogen-bond acceptors (Lipinski definition) is 7. The summed E-state index contributed by atoms with van der Waals surface area (Å²) in [6.07, 6.45) is 4.06. The molecule has 1 saturated carbocycles. The van der Waals surface area contributed by atoms with E-state index in [1.807, 2.05) is 11.8 Å². The van der Waals surface area contributed by atoms with Crippen LogP contribution in [0.25, 0.3) is 0 Å². The molecular formula is C31H43F4N5O2. The number of carbonyl (C=O) groups is 1. The van der Waals surface area contributed by atoms with Crippen LogP contribution in [0.2, 0.25) is 0 Å². The summed E-state index contributed by atoms with van der Waals surface area (Å²) in [5, 5.41) is 3.08. The first-order chi connectivity index (χ1) is 19.8. The van der Waals surface area contributed by atoms with Crippen LogP contribution in [0.4, 0.5) is 29.1 Å². The fourth-order valence-corrected chi connectivity index (χ4v) is 3.69. The Morgan fingerprint density at radius 3 is 2.12 bits per heavy atom. The van der Waals surface area contributed by atoms with Gasteiger partial charge < -0.3 is 25.6 Å². The monoisotopic (exact) mass is 593 g/mol. The van der Waals surface area contributed by atoms with Crippen LogP contribution in [-0.2, 0) is 4.79 Å². The number of ether oxygens (including phenoxy) is 1. The van der Waals surface area contributed by atoms with Gasteiger partial charge in [0.25, 0.3) is 0 Å². The van der Waals surface area contributed by atoms with E-state index in [2.05, 4.69) is 52.7 Å². The zero-order valence-electron chi connectivity index (χ0n) is 24.9. The third kappa shape index (κ3) is 15.1. The van der Waals surface area contributed by atoms with Crippen LogP contribution >= 0.6 is 0 Å². The number of carbonyl (C=O) groups excluding carboxylic acids is 1. The van der Waals surface area contributed by atoms with Gasteiger partial charge in [-0.15, -0.1) is 13.2 Å². The first kappa shape index (κ1) is 36.0. The quantitative estimate of drug-likeness (QED) is 0.183. The molecule has 3 N–H and O–H groups in total. The molecule has 3 rings (SSSR count). The van der Waals surface area contributed by atoms with Crippen molar-refractivity contribution >= 4 is 17.3 Å². The number of hydrogen-bond donors (Lipinski definition) is 2. The number of halogens is 4. The molecule has 0 bridgehead atoms. The average Bonchev–Trinajstić information content (AvgIpc) is 3.73. The van der Waals surface area contributed by atoms with Crippen molar-refractivity contribution in [1.29, 1.82) is 0 Å². The maximum atomic E-state index is 12.6. The molecule has 0 spiro atoms. The Morgan fingerprint density at radius 1 is 1.12 bits per heavy atom. The molecule has 1 heterocycles. The van der Waals surface area contributed by atoms with E-state index in [0.717, 1.165) is 56.8 Å². The summed E-state index contributed by atoms with van der Waals surface area (Å²) >= 11 is 0. The maximum Gasteiger partial charge on any atom is 0.573 e. The number of Topliss-reactive ketones (excluding diaryl/α,β-unsaturated/α-hetero) is 1. The molecule has 2 aromatic rings. The SMILES string of the molecule is C=C(C(C)=O)N(/C=C(\C)Nc1ccc(OC(F)(F)F)cc1)CC1CC1.C=CN.CCCN(CCC)c1ccc(F)cn1. The Hall–Kier alpha value is -4.02. The number of allylic oxidation sites excluding steroid dienone is 2. The summed E-state index contributed by atoms with van der Waals surface area (Å²) in [4.78, 5) is 19.7. The van der Waals surface area contributed by atoms with Crippen LogP contribution in [0, 0.1) is 11.7 Å². The molecule has 0 amide bonds. The molecule has 1 aliphatic carbocycles. The molecule has 11 heteroatoms. The third-order valence-electron chi connectivity index (χ3n) is 5.71. The molecule has 0 unspecified atom stereocenters. The van der Waals surface area contributed by atoms with Crippen molar-refractivity contribution in [3.05, 3.63) is 85.4 Å². The standard InChI is InChI=1S/C18H21F3N2O2.C11H17FN2.C2H5N/c1-12(10-23(11-15-4-5-15)13(2)14(3)24)22-16-6-8-17(9-7-16)25-18(19,20)21;1-3-7-14(8-4-2)11-6-5-10(12)9-13-11;1-2-3/h6-10,15,22H,2,4-5,11H2,1,3H3;5-6,9H,3-4,7-8H2,1-2H3;2H,1,3H2/b12-10+;;. The highest BCUT2D eigenvalue weighted by molar-refractivity contribution is 5.92. The second kappa shape index (κ2) is 18.4. The van der Waals surface area contributed by atoms with Crippen LogP contribution < -0.4 is 20.7 Å². The summed E-state index contributed by atoms with van der Waals surface area (Å²) < 4.78 is 52.9. The highest BCUT2D eigenvalue weighted by Gasteiger charge is 2.31. The minimum atomic E-state index is -4.71. The van der Waals surface area contributed by atoms with Crippen molar-refractivity contribution in [3.8, 4) is 5.75 Å². The molecule has 1 aromatic heterocycles. The van der Waals surface area contributed by atoms with E-state index in [4.69, 9.17) is 0 Å². The lowest BCUT2D eigenvalue weighted by Crippen LogP contribution is -2.25. The van der Waals surface area contributed by atoms with Gasteiger partial charge in [0.2, 0.25) is 0 Å². The van der Waals surface area contributed by atoms with Gasteiger partial charge in [0.1, 0.15) is 17.4 Å². The van der Waals surface area contributed by atoms with Crippen LogP contribution in [-0.4, -0.2) is 41.7 Å². The van der Waals surface area contributed by atoms with Gasteiger partial charge in [-0.2, -0.15) is 0 Å². The molecule has 1 aliphatic rings. The molecule has 0 aliphatic heterocycles. The van der Waals surface area contributed by atoms with E-state index in [9.17, 15) is 22.4 Å². The Balaban J connectivity index is 0.000000437. The van der Waals surface area contributed by atoms with Crippen molar-refractivity contribution in [2.24, 2.45) is 11.7 Å². The van der Waals surface area contributed by atoms with E-state index in [1.165, 1.54) is 49.7 Å². The van der Waals surface area contributed by atoms with Gasteiger partial charge in [-0.3, -0.25) is 4.79 Å². The number of pyridine rings is 1. The van der Waals surface area contributed by atoms with Gasteiger partial charge in [-0.25, -0.2) is 9.37 Å². The number of alkyl halides is 3. The predicted molar refractivity (Wildman–Crippen MR) is 161 cm³/mol. The lowest BCUT2D eigenvalue weighted by molar-refractivity contribution is -0.274. The predicted octanol–water partition coefficient (Wildman–Crippen LogP) is 7.61. The van der Waals surface area contributed by atoms with Crippen molar-refractivity contribution < 1.29 is 27.1 Å². The van der Waals surface area contributed by atoms with Crippen LogP contribution in [0.15, 0.2) is 79.5 Å². The highest BCUT2D eigenvalue weighted by Crippen LogP contribution is 2.31. The van der Waals surface area contributed by atoms with Gasteiger partial charge in [0, 0.05) is 44.1 Å². The number of benzene rings is 1. The fourth-order valence-electron chi connectivity index (χ4n) is 3.69.